The summed E-state index contributed by atoms with van der Waals surface area (Å²) in [6, 6.07) is 22.8. The van der Waals surface area contributed by atoms with Crippen LogP contribution in [0.25, 0.3) is 0 Å². The van der Waals surface area contributed by atoms with Crippen molar-refractivity contribution in [3.05, 3.63) is 98.1 Å². The normalized spacial score (nSPS) is 6.39. The van der Waals surface area contributed by atoms with E-state index in [9.17, 15) is 0 Å². The molecule has 72 heavy (non-hydrogen) atoms. The van der Waals surface area contributed by atoms with Gasteiger partial charge in [0, 0.05) is 180 Å². The van der Waals surface area contributed by atoms with Gasteiger partial charge in [-0.15, -0.1) is 0 Å². The zero-order valence-electron chi connectivity index (χ0n) is 42.8. The molecule has 408 valence electrons. The van der Waals surface area contributed by atoms with Crippen LogP contribution in [0, 0.1) is 45.3 Å². The molecule has 0 atom stereocenters. The van der Waals surface area contributed by atoms with E-state index in [2.05, 4.69) is 19.9 Å². The van der Waals surface area contributed by atoms with Crippen LogP contribution < -0.4 is 40.0 Å². The van der Waals surface area contributed by atoms with Crippen LogP contribution in [-0.4, -0.2) is 100 Å². The van der Waals surface area contributed by atoms with Crippen molar-refractivity contribution < 1.29 is 129 Å². The number of anilines is 4. The third kappa shape index (κ3) is 144. The molecule has 0 saturated heterocycles. The van der Waals surface area contributed by atoms with E-state index in [4.69, 9.17) is 60.7 Å². The molecular formula is C44H64Co4N12O12. The van der Waals surface area contributed by atoms with Gasteiger partial charge in [-0.05, 0) is 76.2 Å². The quantitative estimate of drug-likeness (QED) is 0.277. The molecule has 0 aliphatic heterocycles. The van der Waals surface area contributed by atoms with E-state index in [1.807, 2.05) is 125 Å². The molecule has 4 heterocycles. The summed E-state index contributed by atoms with van der Waals surface area (Å²) < 4.78 is 0. The SMILES string of the molecule is CC#N.CC#N.CC#N.CC#N.CC(=O)[O-].CC(=O)[O-].CC(=O)[O-].CC(=O)[O-].CN(C)c1ccncc1.CN(C)c1ccncc1.CN(C)c1ccncc1.CN(C)c1ccncc1.[Co+3].[Co+3].[Co+3].[Co+3].[O-2].[O-2].[O-2].[O-2]. The zero-order chi connectivity index (χ0) is 51.9. The smallest absolute Gasteiger partial charge is 2.00 e. The van der Waals surface area contributed by atoms with E-state index in [-0.39, 0.29) is 89.0 Å². The van der Waals surface area contributed by atoms with Gasteiger partial charge >= 0.3 is 67.1 Å². The molecule has 28 heteroatoms. The molecule has 24 nitrogen and oxygen atoms in total. The van der Waals surface area contributed by atoms with Crippen LogP contribution >= 0.6 is 0 Å². The Morgan fingerprint density at radius 1 is 0.347 bits per heavy atom. The summed E-state index contributed by atoms with van der Waals surface area (Å²) in [6.07, 6.45) is 14.3. The largest absolute Gasteiger partial charge is 3.00 e. The Bertz CT molecular complexity index is 1560. The molecule has 0 bridgehead atoms. The Hall–Kier alpha value is -6.49. The molecule has 4 aromatic heterocycles. The van der Waals surface area contributed by atoms with Crippen LogP contribution in [0.4, 0.5) is 22.7 Å². The Morgan fingerprint density at radius 3 is 0.458 bits per heavy atom. The fourth-order valence-electron chi connectivity index (χ4n) is 2.57. The topological polar surface area (TPSA) is 434 Å². The van der Waals surface area contributed by atoms with Gasteiger partial charge in [-0.1, -0.05) is 0 Å². The van der Waals surface area contributed by atoms with Gasteiger partial charge < -0.3 is 81.1 Å². The molecule has 0 unspecified atom stereocenters. The van der Waals surface area contributed by atoms with E-state index < -0.39 is 23.9 Å². The summed E-state index contributed by atoms with van der Waals surface area (Å²) in [5.74, 6) is -4.33. The average molecular weight is 1190 g/mol. The second kappa shape index (κ2) is 90.9. The fraction of sp³-hybridized carbons (Fsp3) is 0.364. The van der Waals surface area contributed by atoms with Crippen molar-refractivity contribution in [2.24, 2.45) is 0 Å². The Morgan fingerprint density at radius 2 is 0.417 bits per heavy atom. The van der Waals surface area contributed by atoms with Crippen molar-refractivity contribution in [1.82, 2.24) is 19.9 Å². The summed E-state index contributed by atoms with van der Waals surface area (Å²) in [5.41, 5.74) is 4.74. The van der Waals surface area contributed by atoms with Gasteiger partial charge in [0.25, 0.3) is 0 Å². The molecule has 4 rings (SSSR count). The maximum atomic E-state index is 8.89. The number of aromatic nitrogens is 4. The number of nitriles is 4. The zero-order valence-corrected chi connectivity index (χ0v) is 47.0. The summed E-state index contributed by atoms with van der Waals surface area (Å²) in [7, 11) is 16.1. The summed E-state index contributed by atoms with van der Waals surface area (Å²) in [5, 5.41) is 64.8. The second-order valence-corrected chi connectivity index (χ2v) is 11.3. The van der Waals surface area contributed by atoms with Crippen molar-refractivity contribution in [1.29, 1.82) is 21.0 Å². The minimum Gasteiger partial charge on any atom is -2.00 e. The van der Waals surface area contributed by atoms with Gasteiger partial charge in [0.05, 0.1) is 24.3 Å². The molecule has 0 N–H and O–H groups in total. The summed E-state index contributed by atoms with van der Waals surface area (Å²) in [6.45, 7) is 9.61. The van der Waals surface area contributed by atoms with Crippen LogP contribution in [0.1, 0.15) is 55.4 Å². The minimum absolute atomic E-state index is 0. The number of carboxylic acids is 4. The molecule has 4 aromatic rings. The molecule has 0 amide bonds. The van der Waals surface area contributed by atoms with Gasteiger partial charge in [-0.2, -0.15) is 21.0 Å². The summed E-state index contributed by atoms with van der Waals surface area (Å²) >= 11 is 0. The van der Waals surface area contributed by atoms with Crippen LogP contribution in [0.3, 0.4) is 0 Å². The molecule has 0 saturated carbocycles. The van der Waals surface area contributed by atoms with Crippen molar-refractivity contribution >= 4 is 46.6 Å². The predicted octanol–water partition coefficient (Wildman–Crippen LogP) is 1.25. The number of hydrogen-bond donors (Lipinski definition) is 0. The number of carbonyl (C=O) groups is 4. The minimum atomic E-state index is -1.08. The van der Waals surface area contributed by atoms with Crippen molar-refractivity contribution in [3.8, 4) is 24.3 Å². The van der Waals surface area contributed by atoms with E-state index in [0.29, 0.717) is 0 Å². The third-order valence-electron chi connectivity index (χ3n) is 4.72. The fourth-order valence-corrected chi connectivity index (χ4v) is 2.57. The first-order chi connectivity index (χ1) is 29.8. The Kier molecular flexibility index (Phi) is 140. The number of pyridine rings is 4. The predicted molar refractivity (Wildman–Crippen MR) is 245 cm³/mol. The maximum Gasteiger partial charge on any atom is 3.00 e. The third-order valence-corrected chi connectivity index (χ3v) is 4.72. The van der Waals surface area contributed by atoms with E-state index in [0.717, 1.165) is 27.7 Å². The van der Waals surface area contributed by atoms with Crippen LogP contribution in [0.15, 0.2) is 98.1 Å². The second-order valence-electron chi connectivity index (χ2n) is 11.3. The van der Waals surface area contributed by atoms with Crippen LogP contribution in [0.5, 0.6) is 0 Å². The molecule has 0 aliphatic rings. The first-order valence-electron chi connectivity index (χ1n) is 18.0. The molecule has 0 spiro atoms. The van der Waals surface area contributed by atoms with E-state index >= 15 is 0 Å². The number of rotatable bonds is 4. The average Bonchev–Trinajstić information content (AvgIpc) is 3.20. The standard InChI is InChI=1S/4C7H10N2.4C2H3N.4C2H4O2.4Co.4O/c4*1-9(2)7-3-5-8-6-4-7;4*1-2-3;4*1-2(3)4;;;;;;;;/h4*3-6H,1-2H3;4*1H3;4*1H3,(H,3,4);;;;;;;;/q;;;;;;;;;;;;4*+3;4*-2/p-4. The monoisotopic (exact) mass is 1190 g/mol. The van der Waals surface area contributed by atoms with Crippen molar-refractivity contribution in [2.75, 3.05) is 76.0 Å². The van der Waals surface area contributed by atoms with Gasteiger partial charge in [0.1, 0.15) is 0 Å². The van der Waals surface area contributed by atoms with Gasteiger partial charge in [0.2, 0.25) is 0 Å². The van der Waals surface area contributed by atoms with E-state index in [1.165, 1.54) is 50.4 Å². The Balaban J connectivity index is -0.0000000346. The molecule has 0 fully saturated rings. The van der Waals surface area contributed by atoms with Gasteiger partial charge in [-0.25, -0.2) is 0 Å². The summed E-state index contributed by atoms with van der Waals surface area (Å²) in [4.78, 5) is 59.3. The van der Waals surface area contributed by atoms with Crippen molar-refractivity contribution in [2.45, 2.75) is 55.4 Å². The Labute approximate surface area is 467 Å². The van der Waals surface area contributed by atoms with Crippen molar-refractivity contribution in [3.63, 3.8) is 0 Å². The van der Waals surface area contributed by atoms with E-state index in [1.54, 1.807) is 73.9 Å². The number of carboxylic acid groups (broad SMARTS) is 4. The first kappa shape index (κ1) is 111. The number of hydrogen-bond acceptors (Lipinski definition) is 20. The first-order valence-corrected chi connectivity index (χ1v) is 18.0. The number of aliphatic carboxylic acids is 4. The van der Waals surface area contributed by atoms with Gasteiger partial charge in [-0.3, -0.25) is 19.9 Å². The number of nitrogens with zero attached hydrogens (tertiary/aromatic N) is 12. The molecule has 0 aliphatic carbocycles. The van der Waals surface area contributed by atoms with Crippen LogP contribution in [0.2, 0.25) is 0 Å². The maximum absolute atomic E-state index is 8.89. The molecule has 0 aromatic carbocycles. The molecule has 0 radical (unpaired) electrons. The number of carbonyl (C=O) groups excluding carboxylic acids is 4. The van der Waals surface area contributed by atoms with Gasteiger partial charge in [0.15, 0.2) is 0 Å². The molecular weight excluding hydrogens is 1120 g/mol. The van der Waals surface area contributed by atoms with Crippen LogP contribution in [-0.2, 0) is 108 Å².